The number of aliphatic carboxylic acids is 1. The van der Waals surface area contributed by atoms with Crippen LogP contribution in [0, 0.1) is 0 Å². The number of H-pyrrole nitrogens is 1. The summed E-state index contributed by atoms with van der Waals surface area (Å²) < 4.78 is 0. The van der Waals surface area contributed by atoms with E-state index < -0.39 is 35.9 Å². The monoisotopic (exact) mass is 389 g/mol. The maximum absolute atomic E-state index is 12.5. The zero-order valence-corrected chi connectivity index (χ0v) is 15.3. The van der Waals surface area contributed by atoms with Crippen molar-refractivity contribution in [2.75, 3.05) is 0 Å². The fourth-order valence-electron chi connectivity index (χ4n) is 2.46. The van der Waals surface area contributed by atoms with Gasteiger partial charge in [-0.2, -0.15) is 0 Å². The van der Waals surface area contributed by atoms with Crippen molar-refractivity contribution in [3.8, 4) is 5.75 Å². The van der Waals surface area contributed by atoms with Crippen LogP contribution >= 0.6 is 0 Å². The first-order valence-electron chi connectivity index (χ1n) is 8.60. The summed E-state index contributed by atoms with van der Waals surface area (Å²) in [5.41, 5.74) is 7.28. The van der Waals surface area contributed by atoms with Gasteiger partial charge in [-0.05, 0) is 31.0 Å². The Balaban J connectivity index is 2.04. The van der Waals surface area contributed by atoms with Gasteiger partial charge in [0, 0.05) is 18.3 Å². The average Bonchev–Trinajstić information content (AvgIpc) is 3.15. The first kappa shape index (κ1) is 20.9. The summed E-state index contributed by atoms with van der Waals surface area (Å²) in [4.78, 5) is 42.6. The lowest BCUT2D eigenvalue weighted by Crippen LogP contribution is -2.55. The molecule has 150 valence electrons. The number of hydrogen-bond donors (Lipinski definition) is 6. The summed E-state index contributed by atoms with van der Waals surface area (Å²) in [5.74, 6) is -2.29. The van der Waals surface area contributed by atoms with Crippen LogP contribution in [0.1, 0.15) is 18.2 Å². The van der Waals surface area contributed by atoms with E-state index in [1.807, 2.05) is 0 Å². The summed E-state index contributed by atoms with van der Waals surface area (Å²) in [6.45, 7) is 1.33. The number of aromatic hydroxyl groups is 1. The third kappa shape index (κ3) is 6.09. The van der Waals surface area contributed by atoms with Crippen LogP contribution < -0.4 is 16.4 Å². The zero-order chi connectivity index (χ0) is 20.7. The lowest BCUT2D eigenvalue weighted by atomic mass is 10.0. The number of amides is 2. The molecule has 0 saturated heterocycles. The van der Waals surface area contributed by atoms with Gasteiger partial charge in [-0.1, -0.05) is 12.1 Å². The van der Waals surface area contributed by atoms with E-state index in [0.717, 1.165) is 5.56 Å². The molecule has 2 amide bonds. The number of benzene rings is 1. The Morgan fingerprint density at radius 1 is 1.14 bits per heavy atom. The Bertz CT molecular complexity index is 806. The van der Waals surface area contributed by atoms with Crippen molar-refractivity contribution >= 4 is 17.8 Å². The van der Waals surface area contributed by atoms with Crippen LogP contribution in [-0.4, -0.2) is 56.1 Å². The maximum atomic E-state index is 12.5. The van der Waals surface area contributed by atoms with Crippen LogP contribution in [0.5, 0.6) is 5.75 Å². The van der Waals surface area contributed by atoms with Gasteiger partial charge in [0.05, 0.1) is 12.4 Å². The van der Waals surface area contributed by atoms with E-state index in [-0.39, 0.29) is 18.6 Å². The molecule has 0 radical (unpaired) electrons. The molecule has 0 aliphatic carbocycles. The highest BCUT2D eigenvalue weighted by atomic mass is 16.4. The highest BCUT2D eigenvalue weighted by Gasteiger charge is 2.27. The number of carboxylic acids is 1. The Morgan fingerprint density at radius 2 is 1.82 bits per heavy atom. The van der Waals surface area contributed by atoms with Gasteiger partial charge in [-0.25, -0.2) is 4.98 Å². The summed E-state index contributed by atoms with van der Waals surface area (Å²) in [6, 6.07) is 3.19. The second-order valence-corrected chi connectivity index (χ2v) is 6.39. The number of carboxylic acid groups (broad SMARTS) is 1. The fraction of sp³-hybridized carbons (Fsp3) is 0.333. The number of imidazole rings is 1. The van der Waals surface area contributed by atoms with E-state index in [9.17, 15) is 19.5 Å². The Hall–Kier alpha value is -3.40. The van der Waals surface area contributed by atoms with Crippen molar-refractivity contribution in [2.24, 2.45) is 5.73 Å². The predicted molar refractivity (Wildman–Crippen MR) is 99.2 cm³/mol. The van der Waals surface area contributed by atoms with Crippen molar-refractivity contribution in [3.63, 3.8) is 0 Å². The van der Waals surface area contributed by atoms with Crippen molar-refractivity contribution in [2.45, 2.75) is 37.9 Å². The summed E-state index contributed by atoms with van der Waals surface area (Å²) in [6.07, 6.45) is 3.23. The highest BCUT2D eigenvalue weighted by molar-refractivity contribution is 5.91. The van der Waals surface area contributed by atoms with Crippen molar-refractivity contribution in [1.82, 2.24) is 20.6 Å². The third-order valence-electron chi connectivity index (χ3n) is 4.07. The van der Waals surface area contributed by atoms with Gasteiger partial charge in [-0.15, -0.1) is 0 Å². The minimum atomic E-state index is -1.19. The second-order valence-electron chi connectivity index (χ2n) is 6.39. The van der Waals surface area contributed by atoms with E-state index >= 15 is 0 Å². The van der Waals surface area contributed by atoms with Crippen LogP contribution in [-0.2, 0) is 27.2 Å². The molecule has 2 rings (SSSR count). The molecule has 7 N–H and O–H groups in total. The Labute approximate surface area is 161 Å². The smallest absolute Gasteiger partial charge is 0.325 e. The largest absolute Gasteiger partial charge is 0.508 e. The van der Waals surface area contributed by atoms with E-state index in [1.165, 1.54) is 31.6 Å². The molecule has 3 atom stereocenters. The van der Waals surface area contributed by atoms with Crippen LogP contribution in [0.4, 0.5) is 0 Å². The van der Waals surface area contributed by atoms with Gasteiger partial charge in [0.25, 0.3) is 0 Å². The number of hydrogen-bond acceptors (Lipinski definition) is 6. The lowest BCUT2D eigenvalue weighted by molar-refractivity contribution is -0.141. The van der Waals surface area contributed by atoms with Crippen molar-refractivity contribution < 1.29 is 24.6 Å². The first-order chi connectivity index (χ1) is 13.3. The second kappa shape index (κ2) is 9.51. The molecule has 0 saturated carbocycles. The summed E-state index contributed by atoms with van der Waals surface area (Å²) >= 11 is 0. The van der Waals surface area contributed by atoms with Gasteiger partial charge >= 0.3 is 5.97 Å². The number of rotatable bonds is 9. The van der Waals surface area contributed by atoms with Gasteiger partial charge < -0.3 is 31.6 Å². The molecule has 1 aromatic heterocycles. The molecular formula is C18H23N5O5. The van der Waals surface area contributed by atoms with Crippen molar-refractivity contribution in [3.05, 3.63) is 48.0 Å². The summed E-state index contributed by atoms with van der Waals surface area (Å²) in [7, 11) is 0. The van der Waals surface area contributed by atoms with Crippen LogP contribution in [0.15, 0.2) is 36.8 Å². The average molecular weight is 389 g/mol. The number of nitrogens with one attached hydrogen (secondary N) is 3. The Kier molecular flexibility index (Phi) is 7.10. The van der Waals surface area contributed by atoms with Gasteiger partial charge in [0.2, 0.25) is 11.8 Å². The SMILES string of the molecule is CC(NC(=O)C(Cc1cnc[nH]1)NC(=O)C(N)Cc1ccc(O)cc1)C(=O)O. The topological polar surface area (TPSA) is 170 Å². The number of nitrogens with two attached hydrogens (primary N) is 1. The molecule has 1 aromatic carbocycles. The van der Waals surface area contributed by atoms with E-state index in [4.69, 9.17) is 10.8 Å². The minimum absolute atomic E-state index is 0.0931. The minimum Gasteiger partial charge on any atom is -0.508 e. The number of carbonyl (C=O) groups is 3. The Morgan fingerprint density at radius 3 is 2.39 bits per heavy atom. The normalized spacial score (nSPS) is 13.9. The van der Waals surface area contributed by atoms with E-state index in [0.29, 0.717) is 5.69 Å². The molecule has 0 aliphatic heterocycles. The predicted octanol–water partition coefficient (Wildman–Crippen LogP) is -0.698. The van der Waals surface area contributed by atoms with Gasteiger partial charge in [-0.3, -0.25) is 14.4 Å². The molecule has 10 heteroatoms. The number of aromatic amines is 1. The molecular weight excluding hydrogens is 366 g/mol. The molecule has 1 heterocycles. The molecule has 0 bridgehead atoms. The van der Waals surface area contributed by atoms with Gasteiger partial charge in [0.1, 0.15) is 17.8 Å². The molecule has 0 fully saturated rings. The molecule has 0 aliphatic rings. The number of nitrogens with zero attached hydrogens (tertiary/aromatic N) is 1. The van der Waals surface area contributed by atoms with Crippen LogP contribution in [0.25, 0.3) is 0 Å². The zero-order valence-electron chi connectivity index (χ0n) is 15.3. The van der Waals surface area contributed by atoms with Crippen molar-refractivity contribution in [1.29, 1.82) is 0 Å². The molecule has 2 aromatic rings. The molecule has 10 nitrogen and oxygen atoms in total. The van der Waals surface area contributed by atoms with Gasteiger partial charge in [0.15, 0.2) is 0 Å². The number of phenols is 1. The molecule has 28 heavy (non-hydrogen) atoms. The van der Waals surface area contributed by atoms with E-state index in [2.05, 4.69) is 20.6 Å². The molecule has 0 spiro atoms. The fourth-order valence-corrected chi connectivity index (χ4v) is 2.46. The number of aromatic nitrogens is 2. The first-order valence-corrected chi connectivity index (χ1v) is 8.60. The van der Waals surface area contributed by atoms with E-state index in [1.54, 1.807) is 12.1 Å². The third-order valence-corrected chi connectivity index (χ3v) is 4.07. The lowest BCUT2D eigenvalue weighted by Gasteiger charge is -2.21. The summed E-state index contributed by atoms with van der Waals surface area (Å²) in [5, 5.41) is 23.2. The quantitative estimate of drug-likeness (QED) is 0.329. The maximum Gasteiger partial charge on any atom is 0.325 e. The van der Waals surface area contributed by atoms with Crippen LogP contribution in [0.3, 0.4) is 0 Å². The molecule has 3 unspecified atom stereocenters. The number of phenolic OH excluding ortho intramolecular Hbond substituents is 1. The van der Waals surface area contributed by atoms with Crippen LogP contribution in [0.2, 0.25) is 0 Å². The highest BCUT2D eigenvalue weighted by Crippen LogP contribution is 2.11. The standard InChI is InChI=1S/C18H23N5O5/c1-10(18(27)28)22-17(26)15(7-12-8-20-9-21-12)23-16(25)14(19)6-11-2-4-13(24)5-3-11/h2-5,8-10,14-15,24H,6-7,19H2,1H3,(H,20,21)(H,22,26)(H,23,25)(H,27,28). The number of carbonyl (C=O) groups excluding carboxylic acids is 2.